The fourth-order valence-corrected chi connectivity index (χ4v) is 1.81. The van der Waals surface area contributed by atoms with Crippen LogP contribution in [0.1, 0.15) is 12.6 Å². The Morgan fingerprint density at radius 2 is 1.76 bits per heavy atom. The Bertz CT molecular complexity index is 555. The summed E-state index contributed by atoms with van der Waals surface area (Å²) in [7, 11) is 3.20. The minimum Gasteiger partial charge on any atom is -0.493 e. The zero-order valence-electron chi connectivity index (χ0n) is 10.2. The van der Waals surface area contributed by atoms with Crippen LogP contribution in [0.15, 0.2) is 12.1 Å². The van der Waals surface area contributed by atoms with Crippen LogP contribution in [0.4, 0.5) is 5.95 Å². The van der Waals surface area contributed by atoms with Gasteiger partial charge in [-0.2, -0.15) is 0 Å². The highest BCUT2D eigenvalue weighted by molar-refractivity contribution is 5.85. The third-order valence-electron chi connectivity index (χ3n) is 2.63. The molecule has 2 N–H and O–H groups in total. The van der Waals surface area contributed by atoms with Crippen LogP contribution >= 0.6 is 0 Å². The fraction of sp³-hybridized carbons (Fsp3) is 0.333. The van der Waals surface area contributed by atoms with Crippen molar-refractivity contribution in [2.24, 2.45) is 0 Å². The van der Waals surface area contributed by atoms with Gasteiger partial charge < -0.3 is 15.2 Å². The first-order chi connectivity index (χ1) is 8.19. The highest BCUT2D eigenvalue weighted by atomic mass is 16.5. The first-order valence-electron chi connectivity index (χ1n) is 5.37. The Morgan fingerprint density at radius 3 is 2.35 bits per heavy atom. The number of methoxy groups -OCH3 is 2. The maximum atomic E-state index is 5.67. The largest absolute Gasteiger partial charge is 0.493 e. The molecule has 5 heteroatoms. The third kappa shape index (κ3) is 1.95. The average Bonchev–Trinajstić information content (AvgIpc) is 2.35. The molecule has 0 aliphatic heterocycles. The van der Waals surface area contributed by atoms with Crippen molar-refractivity contribution < 1.29 is 9.47 Å². The standard InChI is InChI=1S/C12H15N3O2/c1-4-8-7-5-10(16-2)11(17-3)6-9(7)15-12(13)14-8/h5-6H,4H2,1-3H3,(H2,13,14,15). The van der Waals surface area contributed by atoms with Gasteiger partial charge in [0, 0.05) is 11.5 Å². The molecule has 1 heterocycles. The van der Waals surface area contributed by atoms with Crippen molar-refractivity contribution in [3.05, 3.63) is 17.8 Å². The lowest BCUT2D eigenvalue weighted by atomic mass is 10.1. The number of hydrogen-bond donors (Lipinski definition) is 1. The number of fused-ring (bicyclic) bond motifs is 1. The van der Waals surface area contributed by atoms with Gasteiger partial charge in [0.1, 0.15) is 0 Å². The fourth-order valence-electron chi connectivity index (χ4n) is 1.81. The molecule has 17 heavy (non-hydrogen) atoms. The molecule has 90 valence electrons. The minimum atomic E-state index is 0.279. The maximum absolute atomic E-state index is 5.67. The zero-order chi connectivity index (χ0) is 12.4. The minimum absolute atomic E-state index is 0.279. The molecule has 0 bridgehead atoms. The SMILES string of the molecule is CCc1nc(N)nc2cc(OC)c(OC)cc12. The summed E-state index contributed by atoms with van der Waals surface area (Å²) in [6.07, 6.45) is 0.790. The first kappa shape index (κ1) is 11.4. The van der Waals surface area contributed by atoms with Gasteiger partial charge in [0.2, 0.25) is 5.95 Å². The molecule has 0 radical (unpaired) electrons. The van der Waals surface area contributed by atoms with E-state index in [4.69, 9.17) is 15.2 Å². The molecule has 0 fully saturated rings. The van der Waals surface area contributed by atoms with Gasteiger partial charge in [-0.25, -0.2) is 9.97 Å². The van der Waals surface area contributed by atoms with Gasteiger partial charge >= 0.3 is 0 Å². The third-order valence-corrected chi connectivity index (χ3v) is 2.63. The van der Waals surface area contributed by atoms with Crippen LogP contribution in [0.3, 0.4) is 0 Å². The van der Waals surface area contributed by atoms with E-state index >= 15 is 0 Å². The predicted molar refractivity (Wildman–Crippen MR) is 66.4 cm³/mol. The van der Waals surface area contributed by atoms with Crippen LogP contribution in [0.2, 0.25) is 0 Å². The Balaban J connectivity index is 2.77. The number of ether oxygens (including phenoxy) is 2. The molecule has 0 unspecified atom stereocenters. The summed E-state index contributed by atoms with van der Waals surface area (Å²) in [6.45, 7) is 2.03. The molecule has 2 aromatic rings. The molecule has 0 saturated heterocycles. The number of benzene rings is 1. The molecule has 2 rings (SSSR count). The van der Waals surface area contributed by atoms with Crippen molar-refractivity contribution in [1.29, 1.82) is 0 Å². The molecule has 0 saturated carbocycles. The van der Waals surface area contributed by atoms with Gasteiger partial charge in [0.25, 0.3) is 0 Å². The lowest BCUT2D eigenvalue weighted by Crippen LogP contribution is -2.01. The topological polar surface area (TPSA) is 70.3 Å². The van der Waals surface area contributed by atoms with Gasteiger partial charge in [-0.05, 0) is 12.5 Å². The van der Waals surface area contributed by atoms with Crippen LogP contribution in [0.25, 0.3) is 10.9 Å². The van der Waals surface area contributed by atoms with Crippen molar-refractivity contribution in [1.82, 2.24) is 9.97 Å². The van der Waals surface area contributed by atoms with Crippen molar-refractivity contribution >= 4 is 16.9 Å². The second-order valence-corrected chi connectivity index (χ2v) is 3.61. The van der Waals surface area contributed by atoms with E-state index in [1.54, 1.807) is 14.2 Å². The molecular weight excluding hydrogens is 218 g/mol. The van der Waals surface area contributed by atoms with Crippen molar-refractivity contribution in [3.63, 3.8) is 0 Å². The van der Waals surface area contributed by atoms with Gasteiger partial charge in [-0.1, -0.05) is 6.92 Å². The molecule has 0 aliphatic rings. The summed E-state index contributed by atoms with van der Waals surface area (Å²) in [5, 5.41) is 0.944. The maximum Gasteiger partial charge on any atom is 0.220 e. The number of anilines is 1. The number of nitrogens with zero attached hydrogens (tertiary/aromatic N) is 2. The molecule has 0 spiro atoms. The van der Waals surface area contributed by atoms with Crippen LogP contribution in [-0.4, -0.2) is 24.2 Å². The number of nitrogens with two attached hydrogens (primary N) is 1. The van der Waals surface area contributed by atoms with Crippen LogP contribution in [-0.2, 0) is 6.42 Å². The summed E-state index contributed by atoms with van der Waals surface area (Å²) < 4.78 is 10.5. The molecule has 1 aromatic heterocycles. The Hall–Kier alpha value is -2.04. The van der Waals surface area contributed by atoms with Gasteiger partial charge in [-0.15, -0.1) is 0 Å². The van der Waals surface area contributed by atoms with Crippen molar-refractivity contribution in [3.8, 4) is 11.5 Å². The van der Waals surface area contributed by atoms with Crippen LogP contribution < -0.4 is 15.2 Å². The van der Waals surface area contributed by atoms with Crippen LogP contribution in [0, 0.1) is 0 Å². The lowest BCUT2D eigenvalue weighted by Gasteiger charge is -2.10. The smallest absolute Gasteiger partial charge is 0.220 e. The Labute approximate surface area is 99.6 Å². The van der Waals surface area contributed by atoms with Crippen LogP contribution in [0.5, 0.6) is 11.5 Å². The Morgan fingerprint density at radius 1 is 1.12 bits per heavy atom. The predicted octanol–water partition coefficient (Wildman–Crippen LogP) is 1.79. The number of aromatic nitrogens is 2. The zero-order valence-corrected chi connectivity index (χ0v) is 10.2. The van der Waals surface area contributed by atoms with E-state index in [2.05, 4.69) is 9.97 Å². The summed E-state index contributed by atoms with van der Waals surface area (Å²) in [5.41, 5.74) is 7.35. The molecule has 0 aliphatic carbocycles. The summed E-state index contributed by atoms with van der Waals surface area (Å²) in [6, 6.07) is 3.69. The van der Waals surface area contributed by atoms with Gasteiger partial charge in [0.05, 0.1) is 25.4 Å². The molecule has 5 nitrogen and oxygen atoms in total. The number of rotatable bonds is 3. The molecule has 0 amide bonds. The monoisotopic (exact) mass is 233 g/mol. The number of aryl methyl sites for hydroxylation is 1. The normalized spacial score (nSPS) is 10.5. The average molecular weight is 233 g/mol. The first-order valence-corrected chi connectivity index (χ1v) is 5.37. The summed E-state index contributed by atoms with van der Waals surface area (Å²) in [4.78, 5) is 8.42. The number of nitrogen functional groups attached to an aromatic ring is 1. The highest BCUT2D eigenvalue weighted by Gasteiger charge is 2.11. The number of hydrogen-bond acceptors (Lipinski definition) is 5. The van der Waals surface area contributed by atoms with E-state index in [9.17, 15) is 0 Å². The van der Waals surface area contributed by atoms with Gasteiger partial charge in [-0.3, -0.25) is 0 Å². The summed E-state index contributed by atoms with van der Waals surface area (Å²) in [5.74, 6) is 1.59. The van der Waals surface area contributed by atoms with E-state index in [1.807, 2.05) is 19.1 Å². The molecule has 1 aromatic carbocycles. The lowest BCUT2D eigenvalue weighted by molar-refractivity contribution is 0.355. The van der Waals surface area contributed by atoms with E-state index < -0.39 is 0 Å². The second-order valence-electron chi connectivity index (χ2n) is 3.61. The molecular formula is C12H15N3O2. The highest BCUT2D eigenvalue weighted by Crippen LogP contribution is 2.32. The quantitative estimate of drug-likeness (QED) is 0.875. The van der Waals surface area contributed by atoms with E-state index in [0.29, 0.717) is 11.5 Å². The van der Waals surface area contributed by atoms with Crippen molar-refractivity contribution in [2.75, 3.05) is 20.0 Å². The van der Waals surface area contributed by atoms with Crippen molar-refractivity contribution in [2.45, 2.75) is 13.3 Å². The van der Waals surface area contributed by atoms with E-state index in [0.717, 1.165) is 23.0 Å². The Kier molecular flexibility index (Phi) is 2.99. The second kappa shape index (κ2) is 4.45. The van der Waals surface area contributed by atoms with E-state index in [1.165, 1.54) is 0 Å². The van der Waals surface area contributed by atoms with Gasteiger partial charge in [0.15, 0.2) is 11.5 Å². The molecule has 0 atom stereocenters. The summed E-state index contributed by atoms with van der Waals surface area (Å²) >= 11 is 0. The van der Waals surface area contributed by atoms with E-state index in [-0.39, 0.29) is 5.95 Å².